The molecule has 5 aliphatic rings. The maximum atomic E-state index is 8.89. The molecule has 0 saturated heterocycles. The van der Waals surface area contributed by atoms with Crippen LogP contribution in [0.4, 0.5) is 0 Å². The Balaban J connectivity index is 0.000000385. The second kappa shape index (κ2) is 7.36. The fourth-order valence-corrected chi connectivity index (χ4v) is 6.80. The van der Waals surface area contributed by atoms with Crippen LogP contribution in [-0.2, 0) is 10.3 Å². The largest absolute Gasteiger partial charge is 0.550 e. The second-order valence-corrected chi connectivity index (χ2v) is 9.55. The Morgan fingerprint density at radius 3 is 2.00 bits per heavy atom. The molecule has 0 atom stereocenters. The molecule has 1 aromatic rings. The third-order valence-electron chi connectivity index (χ3n) is 7.46. The minimum Gasteiger partial charge on any atom is -0.550 e. The molecule has 0 aromatic carbocycles. The van der Waals surface area contributed by atoms with Crippen LogP contribution in [0.3, 0.4) is 0 Å². The highest BCUT2D eigenvalue weighted by atomic mass is 16.4. The van der Waals surface area contributed by atoms with Crippen LogP contribution in [0.1, 0.15) is 90.0 Å². The first-order valence-electron chi connectivity index (χ1n) is 10.8. The minimum atomic E-state index is -1.08. The maximum Gasteiger partial charge on any atom is 0.244 e. The Bertz CT molecular complexity index is 589. The number of imidazole rings is 1. The molecule has 1 heterocycles. The van der Waals surface area contributed by atoms with Crippen molar-refractivity contribution in [1.29, 1.82) is 0 Å². The fourth-order valence-electron chi connectivity index (χ4n) is 6.80. The topological polar surface area (TPSA) is 48.9 Å². The van der Waals surface area contributed by atoms with Gasteiger partial charge in [0.1, 0.15) is 24.0 Å². The predicted molar refractivity (Wildman–Crippen MR) is 98.2 cm³/mol. The summed E-state index contributed by atoms with van der Waals surface area (Å²) in [5.74, 6) is 2.04. The molecular formula is C22H34N2O2. The normalized spacial score (nSPS) is 36.3. The van der Waals surface area contributed by atoms with E-state index in [4.69, 9.17) is 9.90 Å². The average molecular weight is 359 g/mol. The van der Waals surface area contributed by atoms with Crippen molar-refractivity contribution in [2.24, 2.45) is 17.8 Å². The number of rotatable bonds is 2. The lowest BCUT2D eigenvalue weighted by Gasteiger charge is -2.54. The summed E-state index contributed by atoms with van der Waals surface area (Å²) < 4.78 is 5.24. The molecule has 0 spiro atoms. The number of carboxylic acids is 1. The van der Waals surface area contributed by atoms with Crippen molar-refractivity contribution in [3.8, 4) is 0 Å². The van der Waals surface area contributed by atoms with Gasteiger partial charge in [-0.15, -0.1) is 0 Å². The van der Waals surface area contributed by atoms with Crippen LogP contribution in [0.25, 0.3) is 0 Å². The van der Waals surface area contributed by atoms with E-state index in [9.17, 15) is 0 Å². The van der Waals surface area contributed by atoms with E-state index in [0.29, 0.717) is 5.54 Å². The summed E-state index contributed by atoms with van der Waals surface area (Å²) in [6.07, 6.45) is 24.9. The van der Waals surface area contributed by atoms with E-state index < -0.39 is 5.97 Å². The number of aromatic nitrogens is 2. The number of hydrogen-bond acceptors (Lipinski definition) is 2. The lowest BCUT2D eigenvalue weighted by Crippen LogP contribution is -2.52. The summed E-state index contributed by atoms with van der Waals surface area (Å²) in [4.78, 5) is 8.89. The van der Waals surface area contributed by atoms with Crippen molar-refractivity contribution in [3.63, 3.8) is 0 Å². The van der Waals surface area contributed by atoms with Gasteiger partial charge < -0.3 is 9.90 Å². The van der Waals surface area contributed by atoms with Gasteiger partial charge in [-0.25, -0.2) is 9.13 Å². The molecule has 4 nitrogen and oxygen atoms in total. The van der Waals surface area contributed by atoms with E-state index in [1.54, 1.807) is 19.3 Å². The molecule has 0 radical (unpaired) electrons. The number of carbonyl (C=O) groups excluding carboxylic acids is 1. The zero-order chi connectivity index (χ0) is 18.1. The molecule has 144 valence electrons. The van der Waals surface area contributed by atoms with Gasteiger partial charge >= 0.3 is 0 Å². The first kappa shape index (κ1) is 18.1. The molecule has 5 saturated carbocycles. The molecule has 6 rings (SSSR count). The van der Waals surface area contributed by atoms with Crippen molar-refractivity contribution in [3.05, 3.63) is 18.7 Å². The van der Waals surface area contributed by atoms with E-state index in [1.807, 2.05) is 0 Å². The first-order chi connectivity index (χ1) is 12.5. The average Bonchev–Trinajstić information content (AvgIpc) is 2.91. The van der Waals surface area contributed by atoms with Crippen molar-refractivity contribution >= 4 is 5.97 Å². The van der Waals surface area contributed by atoms with Gasteiger partial charge in [-0.3, -0.25) is 0 Å². The Morgan fingerprint density at radius 1 is 1.00 bits per heavy atom. The third kappa shape index (κ3) is 3.70. The van der Waals surface area contributed by atoms with Crippen molar-refractivity contribution in [2.45, 2.75) is 95.6 Å². The summed E-state index contributed by atoms with van der Waals surface area (Å²) in [7, 11) is 0. The highest BCUT2D eigenvalue weighted by Gasteiger charge is 2.54. The highest BCUT2D eigenvalue weighted by Crippen LogP contribution is 2.58. The van der Waals surface area contributed by atoms with Gasteiger partial charge in [-0.05, 0) is 88.9 Å². The number of hydrogen-bond donors (Lipinski definition) is 0. The highest BCUT2D eigenvalue weighted by molar-refractivity contribution is 5.60. The van der Waals surface area contributed by atoms with Crippen molar-refractivity contribution in [1.82, 2.24) is 4.57 Å². The van der Waals surface area contributed by atoms with Crippen molar-refractivity contribution < 1.29 is 14.5 Å². The van der Waals surface area contributed by atoms with Crippen LogP contribution in [0.15, 0.2) is 18.7 Å². The summed E-state index contributed by atoms with van der Waals surface area (Å²) in [5, 5.41) is 8.89. The zero-order valence-corrected chi connectivity index (χ0v) is 16.2. The van der Waals surface area contributed by atoms with E-state index in [2.05, 4.69) is 27.9 Å². The molecule has 4 bridgehead atoms. The summed E-state index contributed by atoms with van der Waals surface area (Å²) in [6, 6.07) is 0.776. The predicted octanol–water partition coefficient (Wildman–Crippen LogP) is 3.35. The molecule has 1 aromatic heterocycles. The van der Waals surface area contributed by atoms with Crippen LogP contribution in [0, 0.1) is 17.8 Å². The summed E-state index contributed by atoms with van der Waals surface area (Å²) in [6.45, 7) is 0.972. The van der Waals surface area contributed by atoms with Crippen LogP contribution in [0.2, 0.25) is 0 Å². The van der Waals surface area contributed by atoms with E-state index in [0.717, 1.165) is 30.7 Å². The Morgan fingerprint density at radius 2 is 1.50 bits per heavy atom. The molecule has 0 amide bonds. The molecule has 0 unspecified atom stereocenters. The van der Waals surface area contributed by atoms with Gasteiger partial charge in [-0.1, -0.05) is 12.8 Å². The van der Waals surface area contributed by atoms with Crippen LogP contribution in [-0.4, -0.2) is 10.5 Å². The number of carbonyl (C=O) groups is 1. The van der Waals surface area contributed by atoms with Gasteiger partial charge in [-0.2, -0.15) is 0 Å². The van der Waals surface area contributed by atoms with Gasteiger partial charge in [0.05, 0.1) is 0 Å². The van der Waals surface area contributed by atoms with Crippen LogP contribution in [0.5, 0.6) is 0 Å². The summed E-state index contributed by atoms with van der Waals surface area (Å²) in [5.41, 5.74) is 0.505. The van der Waals surface area contributed by atoms with Gasteiger partial charge in [0, 0.05) is 5.97 Å². The summed E-state index contributed by atoms with van der Waals surface area (Å²) >= 11 is 0. The Kier molecular flexibility index (Phi) is 5.11. The fraction of sp³-hybridized carbons (Fsp3) is 0.818. The zero-order valence-electron chi connectivity index (χ0n) is 16.2. The second-order valence-electron chi connectivity index (χ2n) is 9.55. The van der Waals surface area contributed by atoms with Gasteiger partial charge in [0.2, 0.25) is 6.33 Å². The molecule has 5 aliphatic carbocycles. The number of aliphatic carboxylic acids is 1. The SMILES string of the molecule is CC(=O)[O-].c1c[n+](C2CCCCCC2)cn1C12CC3CC(CC(C3)C1)C2. The molecule has 0 aliphatic heterocycles. The van der Waals surface area contributed by atoms with E-state index in [-0.39, 0.29) is 0 Å². The van der Waals surface area contributed by atoms with Gasteiger partial charge in [0.25, 0.3) is 0 Å². The molecule has 26 heavy (non-hydrogen) atoms. The molecule has 5 fully saturated rings. The lowest BCUT2D eigenvalue weighted by atomic mass is 9.53. The maximum absolute atomic E-state index is 8.89. The van der Waals surface area contributed by atoms with Crippen LogP contribution >= 0.6 is 0 Å². The minimum absolute atomic E-state index is 0.505. The Hall–Kier alpha value is -1.32. The number of carboxylic acid groups (broad SMARTS) is 1. The van der Waals surface area contributed by atoms with Crippen LogP contribution < -0.4 is 9.67 Å². The monoisotopic (exact) mass is 358 g/mol. The van der Waals surface area contributed by atoms with Crippen molar-refractivity contribution in [2.75, 3.05) is 0 Å². The van der Waals surface area contributed by atoms with E-state index in [1.165, 1.54) is 57.8 Å². The Labute approximate surface area is 157 Å². The third-order valence-corrected chi connectivity index (χ3v) is 7.46. The quantitative estimate of drug-likeness (QED) is 0.601. The van der Waals surface area contributed by atoms with E-state index >= 15 is 0 Å². The lowest BCUT2D eigenvalue weighted by molar-refractivity contribution is -0.724. The molecule has 0 N–H and O–H groups in total. The van der Waals surface area contributed by atoms with Gasteiger partial charge in [0.15, 0.2) is 0 Å². The standard InChI is InChI=1S/C20H31N2.C2H4O2/c1-2-4-6-19(5-3-1)21-7-8-22(15-21)20-12-16-9-17(13-20)11-18(10-16)14-20;1-2(3)4/h7-8,15-19H,1-6,9-14H2;1H3,(H,3,4)/q+1;/p-1. The molecule has 4 heteroatoms. The number of nitrogens with zero attached hydrogens (tertiary/aromatic N) is 2. The smallest absolute Gasteiger partial charge is 0.244 e. The first-order valence-corrected chi connectivity index (χ1v) is 10.8. The molecular weight excluding hydrogens is 324 g/mol.